The normalized spacial score (nSPS) is 14.4. The second kappa shape index (κ2) is 63.8. The highest BCUT2D eigenvalue weighted by Crippen LogP contribution is 2.45. The maximum Gasteiger partial charge on any atom is 0.472 e. The van der Waals surface area contributed by atoms with Crippen molar-refractivity contribution in [1.29, 1.82) is 0 Å². The molecule has 3 N–H and O–H groups in total. The van der Waals surface area contributed by atoms with Crippen LogP contribution in [0.5, 0.6) is 0 Å². The van der Waals surface area contributed by atoms with E-state index in [2.05, 4.69) is 48.5 Å². The summed E-state index contributed by atoms with van der Waals surface area (Å²) in [7, 11) is -9.91. The van der Waals surface area contributed by atoms with Crippen molar-refractivity contribution in [2.75, 3.05) is 39.6 Å². The molecule has 0 aromatic carbocycles. The van der Waals surface area contributed by atoms with E-state index in [1.807, 2.05) is 0 Å². The largest absolute Gasteiger partial charge is 0.472 e. The van der Waals surface area contributed by atoms with E-state index in [1.54, 1.807) is 0 Å². The maximum atomic E-state index is 13.1. The van der Waals surface area contributed by atoms with Crippen molar-refractivity contribution in [2.45, 2.75) is 388 Å². The van der Waals surface area contributed by atoms with E-state index in [-0.39, 0.29) is 25.7 Å². The molecule has 0 radical (unpaired) electrons. The minimum Gasteiger partial charge on any atom is -0.462 e. The third kappa shape index (κ3) is 65.4. The molecule has 0 rings (SSSR count). The summed E-state index contributed by atoms with van der Waals surface area (Å²) in [5.74, 6) is 0.192. The van der Waals surface area contributed by atoms with Crippen LogP contribution in [0.2, 0.25) is 0 Å². The number of aliphatic hydroxyl groups is 1. The molecule has 0 aliphatic heterocycles. The molecule has 546 valence electrons. The second-order valence-electron chi connectivity index (χ2n) is 27.5. The first kappa shape index (κ1) is 90.1. The number of carbonyl (C=O) groups is 4. The molecule has 19 heteroatoms. The molecule has 0 aliphatic carbocycles. The Bertz CT molecular complexity index is 1800. The zero-order valence-electron chi connectivity index (χ0n) is 60.0. The van der Waals surface area contributed by atoms with Gasteiger partial charge in [-0.05, 0) is 43.4 Å². The van der Waals surface area contributed by atoms with Crippen molar-refractivity contribution in [2.24, 2.45) is 17.8 Å². The molecule has 92 heavy (non-hydrogen) atoms. The van der Waals surface area contributed by atoms with Gasteiger partial charge in [0.05, 0.1) is 26.4 Å². The van der Waals surface area contributed by atoms with Gasteiger partial charge in [-0.3, -0.25) is 37.3 Å². The van der Waals surface area contributed by atoms with Crippen LogP contribution >= 0.6 is 15.6 Å². The van der Waals surface area contributed by atoms with E-state index in [0.29, 0.717) is 25.7 Å². The molecule has 0 bridgehead atoms. The maximum absolute atomic E-state index is 13.1. The minimum absolute atomic E-state index is 0.104. The number of hydrogen-bond acceptors (Lipinski definition) is 15. The Balaban J connectivity index is 5.26. The highest BCUT2D eigenvalue weighted by atomic mass is 31.2. The van der Waals surface area contributed by atoms with Gasteiger partial charge in [-0.15, -0.1) is 0 Å². The first-order chi connectivity index (χ1) is 44.3. The van der Waals surface area contributed by atoms with Gasteiger partial charge < -0.3 is 33.8 Å². The number of ether oxygens (including phenoxy) is 4. The number of phosphoric ester groups is 2. The predicted molar refractivity (Wildman–Crippen MR) is 372 cm³/mol. The molecule has 6 atom stereocenters. The number of esters is 4. The second-order valence-corrected chi connectivity index (χ2v) is 30.4. The highest BCUT2D eigenvalue weighted by molar-refractivity contribution is 7.47. The van der Waals surface area contributed by atoms with Crippen LogP contribution in [0, 0.1) is 17.8 Å². The van der Waals surface area contributed by atoms with E-state index in [0.717, 1.165) is 108 Å². The van der Waals surface area contributed by atoms with Gasteiger partial charge in [0.15, 0.2) is 12.2 Å². The number of hydrogen-bond donors (Lipinski definition) is 3. The lowest BCUT2D eigenvalue weighted by atomic mass is 9.99. The van der Waals surface area contributed by atoms with Crippen LogP contribution in [0.1, 0.15) is 370 Å². The fourth-order valence-electron chi connectivity index (χ4n) is 11.0. The zero-order chi connectivity index (χ0) is 68.0. The Kier molecular flexibility index (Phi) is 62.4. The van der Waals surface area contributed by atoms with Crippen molar-refractivity contribution in [3.05, 3.63) is 0 Å². The molecular weight excluding hydrogens is 1210 g/mol. The summed E-state index contributed by atoms with van der Waals surface area (Å²) in [4.78, 5) is 72.7. The molecule has 0 aliphatic rings. The van der Waals surface area contributed by atoms with Crippen molar-refractivity contribution >= 4 is 39.5 Å². The van der Waals surface area contributed by atoms with Gasteiger partial charge in [0.2, 0.25) is 0 Å². The molecule has 17 nitrogen and oxygen atoms in total. The Morgan fingerprint density at radius 3 is 0.826 bits per heavy atom. The highest BCUT2D eigenvalue weighted by Gasteiger charge is 2.30. The van der Waals surface area contributed by atoms with Gasteiger partial charge in [-0.2, -0.15) is 0 Å². The lowest BCUT2D eigenvalue weighted by Crippen LogP contribution is -2.30. The van der Waals surface area contributed by atoms with Gasteiger partial charge in [-0.1, -0.05) is 318 Å². The number of unbranched alkanes of at least 4 members (excludes halogenated alkanes) is 38. The average Bonchev–Trinajstić information content (AvgIpc) is 1.62. The van der Waals surface area contributed by atoms with Gasteiger partial charge in [0.1, 0.15) is 19.3 Å². The van der Waals surface area contributed by atoms with E-state index < -0.39 is 97.5 Å². The monoisotopic (exact) mass is 1350 g/mol. The first-order valence-electron chi connectivity index (χ1n) is 37.9. The van der Waals surface area contributed by atoms with E-state index in [1.165, 1.54) is 180 Å². The summed E-state index contributed by atoms with van der Waals surface area (Å²) in [6, 6.07) is 0. The van der Waals surface area contributed by atoms with Crippen LogP contribution in [0.4, 0.5) is 0 Å². The Labute approximate surface area is 562 Å². The molecule has 0 fully saturated rings. The summed E-state index contributed by atoms with van der Waals surface area (Å²) in [5, 5.41) is 10.6. The van der Waals surface area contributed by atoms with Gasteiger partial charge >= 0.3 is 39.5 Å². The summed E-state index contributed by atoms with van der Waals surface area (Å²) < 4.78 is 68.4. The van der Waals surface area contributed by atoms with Crippen LogP contribution in [0.3, 0.4) is 0 Å². The topological polar surface area (TPSA) is 237 Å². The van der Waals surface area contributed by atoms with Crippen molar-refractivity contribution in [3.63, 3.8) is 0 Å². The van der Waals surface area contributed by atoms with E-state index in [4.69, 9.17) is 37.0 Å². The van der Waals surface area contributed by atoms with Crippen LogP contribution < -0.4 is 0 Å². The summed E-state index contributed by atoms with van der Waals surface area (Å²) in [6.07, 6.45) is 48.4. The fraction of sp³-hybridized carbons (Fsp3) is 0.945. The third-order valence-corrected chi connectivity index (χ3v) is 19.1. The smallest absolute Gasteiger partial charge is 0.462 e. The van der Waals surface area contributed by atoms with Gasteiger partial charge in [0, 0.05) is 25.7 Å². The summed E-state index contributed by atoms with van der Waals surface area (Å²) in [6.45, 7) is 11.9. The SMILES string of the molecule is CCCCCCCCCCCCCC(=O)OC[C@H](COP(=O)(O)OC[C@H](O)COP(=O)(O)OC[C@@H](COC(=O)CCCCCCCCCCCCC(C)CC)OC(=O)CCCCCCCCCCCCCCCC(C)C)OC(=O)CCCCCCCCCCC(C)C. The molecule has 3 unspecified atom stereocenters. The molecule has 0 saturated carbocycles. The van der Waals surface area contributed by atoms with Crippen LogP contribution in [-0.2, 0) is 65.4 Å². The van der Waals surface area contributed by atoms with Crippen LogP contribution in [0.25, 0.3) is 0 Å². The van der Waals surface area contributed by atoms with Crippen LogP contribution in [-0.4, -0.2) is 96.7 Å². The molecule has 0 heterocycles. The predicted octanol–water partition coefficient (Wildman–Crippen LogP) is 21.0. The minimum atomic E-state index is -4.96. The van der Waals surface area contributed by atoms with Crippen molar-refractivity contribution in [3.8, 4) is 0 Å². The van der Waals surface area contributed by atoms with Gasteiger partial charge in [-0.25, -0.2) is 9.13 Å². The quantitative estimate of drug-likeness (QED) is 0.0222. The van der Waals surface area contributed by atoms with Crippen LogP contribution in [0.15, 0.2) is 0 Å². The third-order valence-electron chi connectivity index (χ3n) is 17.2. The number of carbonyl (C=O) groups excluding carboxylic acids is 4. The molecular formula is C73H142O17P2. The zero-order valence-corrected chi connectivity index (χ0v) is 61.8. The number of aliphatic hydroxyl groups excluding tert-OH is 1. The lowest BCUT2D eigenvalue weighted by Gasteiger charge is -2.21. The lowest BCUT2D eigenvalue weighted by molar-refractivity contribution is -0.161. The van der Waals surface area contributed by atoms with Gasteiger partial charge in [0.25, 0.3) is 0 Å². The fourth-order valence-corrected chi connectivity index (χ4v) is 12.6. The Hall–Kier alpha value is -1.94. The molecule has 0 saturated heterocycles. The van der Waals surface area contributed by atoms with Crippen molar-refractivity contribution < 1.29 is 80.2 Å². The van der Waals surface area contributed by atoms with E-state index in [9.17, 15) is 43.2 Å². The number of rotatable bonds is 71. The summed E-state index contributed by atoms with van der Waals surface area (Å²) >= 11 is 0. The Morgan fingerprint density at radius 1 is 0.315 bits per heavy atom. The standard InChI is InChI=1S/C73H142O17P2/c1-8-10-11-12-13-14-18-25-33-40-47-54-70(75)83-61-69(90-73(78)57-50-43-36-29-28-31-38-45-52-65(5)6)63-88-92(81,82)86-59-67(74)58-85-91(79,80)87-62-68(60-84-71(76)55-48-41-34-26-22-21-24-32-39-46-53-66(7)9-2)89-72(77)56-49-42-35-27-20-17-15-16-19-23-30-37-44-51-64(3)4/h64-69,74H,8-63H2,1-7H3,(H,79,80)(H,81,82)/t66?,67-,68-,69-/m1/s1. The van der Waals surface area contributed by atoms with E-state index >= 15 is 0 Å². The molecule has 0 aromatic rings. The first-order valence-corrected chi connectivity index (χ1v) is 40.9. The molecule has 0 spiro atoms. The molecule has 0 amide bonds. The average molecular weight is 1350 g/mol. The Morgan fingerprint density at radius 2 is 0.554 bits per heavy atom. The summed E-state index contributed by atoms with van der Waals surface area (Å²) in [5.41, 5.74) is 0. The number of phosphoric acid groups is 2. The molecule has 0 aromatic heterocycles. The van der Waals surface area contributed by atoms with Crippen molar-refractivity contribution in [1.82, 2.24) is 0 Å².